The van der Waals surface area contributed by atoms with Gasteiger partial charge in [-0.3, -0.25) is 4.68 Å². The van der Waals surface area contributed by atoms with E-state index in [2.05, 4.69) is 40.1 Å². The summed E-state index contributed by atoms with van der Waals surface area (Å²) in [5.41, 5.74) is 3.09. The molecule has 0 aliphatic rings. The maximum Gasteiger partial charge on any atom is 0.144 e. The molecule has 96 valence electrons. The molecule has 0 saturated heterocycles. The second kappa shape index (κ2) is 4.90. The van der Waals surface area contributed by atoms with Crippen molar-refractivity contribution in [2.75, 3.05) is 0 Å². The summed E-state index contributed by atoms with van der Waals surface area (Å²) in [6.45, 7) is 2.10. The van der Waals surface area contributed by atoms with Gasteiger partial charge >= 0.3 is 0 Å². The molecule has 0 radical (unpaired) electrons. The van der Waals surface area contributed by atoms with Gasteiger partial charge in [-0.05, 0) is 25.1 Å². The van der Waals surface area contributed by atoms with Crippen LogP contribution in [-0.4, -0.2) is 14.8 Å². The molecule has 3 rings (SSSR count). The number of nitrogens with zero attached hydrogens (tertiary/aromatic N) is 3. The van der Waals surface area contributed by atoms with Crippen molar-refractivity contribution in [3.8, 4) is 22.0 Å². The van der Waals surface area contributed by atoms with E-state index < -0.39 is 0 Å². The zero-order valence-corrected chi connectivity index (χ0v) is 13.0. The number of thiazole rings is 1. The van der Waals surface area contributed by atoms with E-state index in [-0.39, 0.29) is 0 Å². The van der Waals surface area contributed by atoms with Gasteiger partial charge in [0.1, 0.15) is 10.7 Å². The van der Waals surface area contributed by atoms with Gasteiger partial charge in [-0.25, -0.2) is 4.98 Å². The topological polar surface area (TPSA) is 30.7 Å². The molecule has 0 unspecified atom stereocenters. The molecule has 3 aromatic rings. The highest BCUT2D eigenvalue weighted by Crippen LogP contribution is 2.33. The van der Waals surface area contributed by atoms with Crippen molar-refractivity contribution < 1.29 is 0 Å². The van der Waals surface area contributed by atoms with E-state index in [1.807, 2.05) is 31.4 Å². The van der Waals surface area contributed by atoms with Gasteiger partial charge in [-0.15, -0.1) is 11.3 Å². The third-order valence-corrected chi connectivity index (χ3v) is 4.31. The number of halogens is 1. The Morgan fingerprint density at radius 2 is 2.11 bits per heavy atom. The Hall–Kier alpha value is -1.46. The number of aromatic nitrogens is 3. The number of hydrogen-bond acceptors (Lipinski definition) is 3. The second-order valence-corrected chi connectivity index (χ2v) is 6.43. The molecule has 2 aromatic heterocycles. The van der Waals surface area contributed by atoms with E-state index in [1.165, 1.54) is 4.88 Å². The second-order valence-electron chi connectivity index (χ2n) is 4.31. The van der Waals surface area contributed by atoms with Crippen LogP contribution in [0, 0.1) is 6.92 Å². The van der Waals surface area contributed by atoms with Gasteiger partial charge < -0.3 is 0 Å². The summed E-state index contributed by atoms with van der Waals surface area (Å²) in [5.74, 6) is 0. The van der Waals surface area contributed by atoms with Crippen LogP contribution < -0.4 is 0 Å². The number of benzene rings is 1. The molecule has 3 nitrogen and oxygen atoms in total. The lowest BCUT2D eigenvalue weighted by molar-refractivity contribution is 0.770. The number of aryl methyl sites for hydroxylation is 2. The monoisotopic (exact) mass is 333 g/mol. The molecule has 19 heavy (non-hydrogen) atoms. The van der Waals surface area contributed by atoms with Crippen molar-refractivity contribution >= 4 is 27.3 Å². The lowest BCUT2D eigenvalue weighted by Crippen LogP contribution is -1.87. The van der Waals surface area contributed by atoms with E-state index in [0.717, 1.165) is 26.4 Å². The molecule has 0 spiro atoms. The first-order valence-corrected chi connectivity index (χ1v) is 7.48. The Labute approximate surface area is 124 Å². The number of hydrogen-bond donors (Lipinski definition) is 0. The molecular weight excluding hydrogens is 322 g/mol. The minimum atomic E-state index is 0.928. The first-order chi connectivity index (χ1) is 9.13. The van der Waals surface area contributed by atoms with Gasteiger partial charge in [-0.1, -0.05) is 28.1 Å². The average molecular weight is 334 g/mol. The Morgan fingerprint density at radius 3 is 2.79 bits per heavy atom. The van der Waals surface area contributed by atoms with Crippen molar-refractivity contribution in [2.24, 2.45) is 7.05 Å². The maximum absolute atomic E-state index is 4.73. The summed E-state index contributed by atoms with van der Waals surface area (Å²) in [7, 11) is 1.92. The highest BCUT2D eigenvalue weighted by molar-refractivity contribution is 9.10. The Bertz CT molecular complexity index is 730. The van der Waals surface area contributed by atoms with E-state index in [9.17, 15) is 0 Å². The smallest absolute Gasteiger partial charge is 0.144 e. The van der Waals surface area contributed by atoms with Gasteiger partial charge in [-0.2, -0.15) is 5.10 Å². The third kappa shape index (κ3) is 2.48. The van der Waals surface area contributed by atoms with E-state index in [1.54, 1.807) is 16.0 Å². The molecule has 0 atom stereocenters. The van der Waals surface area contributed by atoms with Crippen LogP contribution in [0.15, 0.2) is 41.0 Å². The minimum absolute atomic E-state index is 0.928. The highest BCUT2D eigenvalue weighted by Gasteiger charge is 2.13. The van der Waals surface area contributed by atoms with E-state index >= 15 is 0 Å². The van der Waals surface area contributed by atoms with Gasteiger partial charge in [0, 0.05) is 28.2 Å². The largest absolute Gasteiger partial charge is 0.275 e. The van der Waals surface area contributed by atoms with Crippen molar-refractivity contribution in [2.45, 2.75) is 6.92 Å². The number of rotatable bonds is 2. The molecular formula is C14H12BrN3S. The molecule has 0 fully saturated rings. The highest BCUT2D eigenvalue weighted by atomic mass is 79.9. The summed E-state index contributed by atoms with van der Waals surface area (Å²) in [6.07, 6.45) is 1.94. The minimum Gasteiger partial charge on any atom is -0.275 e. The fourth-order valence-corrected chi connectivity index (χ4v) is 3.24. The fourth-order valence-electron chi connectivity index (χ4n) is 1.94. The molecule has 5 heteroatoms. The van der Waals surface area contributed by atoms with Crippen LogP contribution in [0.2, 0.25) is 0 Å². The maximum atomic E-state index is 4.73. The summed E-state index contributed by atoms with van der Waals surface area (Å²) >= 11 is 5.18. The summed E-state index contributed by atoms with van der Waals surface area (Å²) in [4.78, 5) is 5.93. The molecule has 0 aliphatic carbocycles. The SMILES string of the molecule is Cc1sc(-c2ccn(C)n2)nc1-c1cccc(Br)c1. The van der Waals surface area contributed by atoms with Crippen LogP contribution in [0.1, 0.15) is 4.88 Å². The first kappa shape index (κ1) is 12.6. The predicted octanol–water partition coefficient (Wildman–Crippen LogP) is 4.28. The van der Waals surface area contributed by atoms with Crippen molar-refractivity contribution in [1.29, 1.82) is 0 Å². The fraction of sp³-hybridized carbons (Fsp3) is 0.143. The zero-order valence-electron chi connectivity index (χ0n) is 10.6. The van der Waals surface area contributed by atoms with Gasteiger partial charge in [0.05, 0.1) is 5.69 Å². The van der Waals surface area contributed by atoms with E-state index in [4.69, 9.17) is 4.98 Å². The molecule has 0 amide bonds. The van der Waals surface area contributed by atoms with Crippen LogP contribution in [0.5, 0.6) is 0 Å². The summed E-state index contributed by atoms with van der Waals surface area (Å²) in [5, 5.41) is 5.37. The third-order valence-electron chi connectivity index (χ3n) is 2.83. The predicted molar refractivity (Wildman–Crippen MR) is 82.2 cm³/mol. The van der Waals surface area contributed by atoms with Crippen molar-refractivity contribution in [3.05, 3.63) is 45.9 Å². The van der Waals surface area contributed by atoms with Crippen LogP contribution in [0.4, 0.5) is 0 Å². The lowest BCUT2D eigenvalue weighted by atomic mass is 10.1. The van der Waals surface area contributed by atoms with Gasteiger partial charge in [0.25, 0.3) is 0 Å². The van der Waals surface area contributed by atoms with Crippen LogP contribution in [0.3, 0.4) is 0 Å². The molecule has 0 bridgehead atoms. The molecule has 0 saturated carbocycles. The van der Waals surface area contributed by atoms with Crippen molar-refractivity contribution in [1.82, 2.24) is 14.8 Å². The van der Waals surface area contributed by atoms with Crippen LogP contribution in [0.25, 0.3) is 22.0 Å². The van der Waals surface area contributed by atoms with Gasteiger partial charge in [0.2, 0.25) is 0 Å². The lowest BCUT2D eigenvalue weighted by Gasteiger charge is -1.98. The summed E-state index contributed by atoms with van der Waals surface area (Å²) in [6, 6.07) is 10.2. The standard InChI is InChI=1S/C14H12BrN3S/c1-9-13(10-4-3-5-11(15)8-10)16-14(19-9)12-6-7-18(2)17-12/h3-8H,1-2H3. The molecule has 2 heterocycles. The van der Waals surface area contributed by atoms with Crippen LogP contribution in [-0.2, 0) is 7.05 Å². The Morgan fingerprint density at radius 1 is 1.26 bits per heavy atom. The van der Waals surface area contributed by atoms with Crippen molar-refractivity contribution in [3.63, 3.8) is 0 Å². The summed E-state index contributed by atoms with van der Waals surface area (Å²) < 4.78 is 2.86. The normalized spacial score (nSPS) is 10.9. The molecule has 1 aromatic carbocycles. The Kier molecular flexibility index (Phi) is 3.24. The quantitative estimate of drug-likeness (QED) is 0.700. The van der Waals surface area contributed by atoms with Crippen LogP contribution >= 0.6 is 27.3 Å². The Balaban J connectivity index is 2.07. The molecule has 0 aliphatic heterocycles. The van der Waals surface area contributed by atoms with E-state index in [0.29, 0.717) is 0 Å². The van der Waals surface area contributed by atoms with Gasteiger partial charge in [0.15, 0.2) is 0 Å². The zero-order chi connectivity index (χ0) is 13.4. The average Bonchev–Trinajstić information content (AvgIpc) is 2.95. The first-order valence-electron chi connectivity index (χ1n) is 5.87. The molecule has 0 N–H and O–H groups in total.